The Kier molecular flexibility index (Phi) is 2.33. The summed E-state index contributed by atoms with van der Waals surface area (Å²) in [4.78, 5) is 0. The highest BCUT2D eigenvalue weighted by atomic mass is 16.3. The van der Waals surface area contributed by atoms with Crippen LogP contribution in [0.3, 0.4) is 0 Å². The van der Waals surface area contributed by atoms with Crippen LogP contribution in [0.25, 0.3) is 0 Å². The van der Waals surface area contributed by atoms with Crippen LogP contribution in [-0.4, -0.2) is 11.2 Å². The van der Waals surface area contributed by atoms with E-state index >= 15 is 0 Å². The van der Waals surface area contributed by atoms with E-state index in [4.69, 9.17) is 0 Å². The molecule has 0 heterocycles. The van der Waals surface area contributed by atoms with E-state index in [0.717, 1.165) is 18.4 Å². The van der Waals surface area contributed by atoms with Crippen molar-refractivity contribution in [2.45, 2.75) is 18.9 Å². The molecule has 0 aromatic heterocycles. The van der Waals surface area contributed by atoms with Crippen molar-refractivity contribution in [3.05, 3.63) is 35.9 Å². The minimum absolute atomic E-state index is 0.416. The van der Waals surface area contributed by atoms with E-state index in [9.17, 15) is 5.11 Å². The van der Waals surface area contributed by atoms with E-state index in [1.807, 2.05) is 30.3 Å². The summed E-state index contributed by atoms with van der Waals surface area (Å²) in [6.45, 7) is 0. The molecule has 2 rings (SSSR count). The highest BCUT2D eigenvalue weighted by molar-refractivity contribution is 5.34. The molecule has 0 bridgehead atoms. The third-order valence-electron chi connectivity index (χ3n) is 2.21. The first-order chi connectivity index (χ1) is 6.36. The Morgan fingerprint density at radius 2 is 1.92 bits per heavy atom. The van der Waals surface area contributed by atoms with Crippen molar-refractivity contribution in [1.82, 2.24) is 0 Å². The van der Waals surface area contributed by atoms with Crippen LogP contribution < -0.4 is 0 Å². The molecule has 1 aromatic rings. The largest absolute Gasteiger partial charge is 0.380 e. The lowest BCUT2D eigenvalue weighted by molar-refractivity contribution is 0.209. The Morgan fingerprint density at radius 3 is 2.54 bits per heavy atom. The SMILES string of the molecule is O[C@@H](C#Cc1ccccc1)C1CC1. The molecule has 66 valence electrons. The smallest absolute Gasteiger partial charge is 0.117 e. The molecule has 0 unspecified atom stereocenters. The van der Waals surface area contributed by atoms with Crippen LogP contribution in [0, 0.1) is 17.8 Å². The number of rotatable bonds is 1. The van der Waals surface area contributed by atoms with Crippen LogP contribution in [0.1, 0.15) is 18.4 Å². The summed E-state index contributed by atoms with van der Waals surface area (Å²) in [6.07, 6.45) is 1.84. The van der Waals surface area contributed by atoms with Crippen LogP contribution in [0.5, 0.6) is 0 Å². The van der Waals surface area contributed by atoms with Crippen LogP contribution in [0.4, 0.5) is 0 Å². The standard InChI is InChI=1S/C12H12O/c13-12(11-7-8-11)9-6-10-4-2-1-3-5-10/h1-5,11-13H,7-8H2/t12-/m0/s1. The molecule has 1 aliphatic carbocycles. The number of hydrogen-bond acceptors (Lipinski definition) is 1. The Bertz CT molecular complexity index is 327. The van der Waals surface area contributed by atoms with Gasteiger partial charge in [0.1, 0.15) is 6.10 Å². The molecule has 13 heavy (non-hydrogen) atoms. The van der Waals surface area contributed by atoms with E-state index < -0.39 is 6.10 Å². The molecule has 0 aliphatic heterocycles. The van der Waals surface area contributed by atoms with Crippen LogP contribution in [-0.2, 0) is 0 Å². The Balaban J connectivity index is 2.03. The van der Waals surface area contributed by atoms with Gasteiger partial charge >= 0.3 is 0 Å². The predicted molar refractivity (Wildman–Crippen MR) is 52.1 cm³/mol. The summed E-state index contributed by atoms with van der Waals surface area (Å²) >= 11 is 0. The number of hydrogen-bond donors (Lipinski definition) is 1. The molecule has 1 heteroatoms. The van der Waals surface area contributed by atoms with Gasteiger partial charge in [0.15, 0.2) is 0 Å². The average Bonchev–Trinajstić information content (AvgIpc) is 2.99. The van der Waals surface area contributed by atoms with Crippen LogP contribution >= 0.6 is 0 Å². The lowest BCUT2D eigenvalue weighted by atomic mass is 10.2. The molecule has 0 spiro atoms. The van der Waals surface area contributed by atoms with Crippen molar-refractivity contribution in [2.75, 3.05) is 0 Å². The first-order valence-corrected chi connectivity index (χ1v) is 4.61. The van der Waals surface area contributed by atoms with Gasteiger partial charge in [-0.1, -0.05) is 30.0 Å². The fourth-order valence-electron chi connectivity index (χ4n) is 1.21. The first-order valence-electron chi connectivity index (χ1n) is 4.61. The van der Waals surface area contributed by atoms with E-state index in [1.54, 1.807) is 0 Å². The van der Waals surface area contributed by atoms with Crippen molar-refractivity contribution in [3.8, 4) is 11.8 Å². The van der Waals surface area contributed by atoms with E-state index in [0.29, 0.717) is 5.92 Å². The second-order valence-corrected chi connectivity index (χ2v) is 3.42. The van der Waals surface area contributed by atoms with Gasteiger partial charge in [0, 0.05) is 5.56 Å². The number of benzene rings is 1. The van der Waals surface area contributed by atoms with E-state index in [-0.39, 0.29) is 0 Å². The van der Waals surface area contributed by atoms with Crippen LogP contribution in [0.2, 0.25) is 0 Å². The summed E-state index contributed by atoms with van der Waals surface area (Å²) < 4.78 is 0. The lowest BCUT2D eigenvalue weighted by Gasteiger charge is -1.96. The van der Waals surface area contributed by atoms with Gasteiger partial charge in [-0.15, -0.1) is 0 Å². The first kappa shape index (κ1) is 8.34. The van der Waals surface area contributed by atoms with Crippen molar-refractivity contribution < 1.29 is 5.11 Å². The maximum Gasteiger partial charge on any atom is 0.117 e. The number of aliphatic hydroxyl groups is 1. The highest BCUT2D eigenvalue weighted by Crippen LogP contribution is 2.32. The van der Waals surface area contributed by atoms with Gasteiger partial charge in [0.2, 0.25) is 0 Å². The molecule has 1 fully saturated rings. The Hall–Kier alpha value is -1.26. The van der Waals surface area contributed by atoms with Gasteiger partial charge in [-0.05, 0) is 30.9 Å². The zero-order chi connectivity index (χ0) is 9.10. The van der Waals surface area contributed by atoms with Gasteiger partial charge in [0.05, 0.1) is 0 Å². The van der Waals surface area contributed by atoms with E-state index in [2.05, 4.69) is 11.8 Å². The normalized spacial score (nSPS) is 17.3. The maximum atomic E-state index is 9.48. The lowest BCUT2D eigenvalue weighted by Crippen LogP contribution is -2.04. The third-order valence-corrected chi connectivity index (χ3v) is 2.21. The Morgan fingerprint density at radius 1 is 1.23 bits per heavy atom. The van der Waals surface area contributed by atoms with Crippen molar-refractivity contribution in [2.24, 2.45) is 5.92 Å². The molecule has 0 saturated heterocycles. The zero-order valence-corrected chi connectivity index (χ0v) is 7.40. The summed E-state index contributed by atoms with van der Waals surface area (Å²) in [5.41, 5.74) is 0.974. The fraction of sp³-hybridized carbons (Fsp3) is 0.333. The fourth-order valence-corrected chi connectivity index (χ4v) is 1.21. The van der Waals surface area contributed by atoms with Crippen molar-refractivity contribution >= 4 is 0 Å². The summed E-state index contributed by atoms with van der Waals surface area (Å²) in [5.74, 6) is 6.27. The summed E-state index contributed by atoms with van der Waals surface area (Å²) in [7, 11) is 0. The highest BCUT2D eigenvalue weighted by Gasteiger charge is 2.28. The van der Waals surface area contributed by atoms with Gasteiger partial charge in [-0.3, -0.25) is 0 Å². The molecule has 1 aromatic carbocycles. The van der Waals surface area contributed by atoms with Gasteiger partial charge in [-0.2, -0.15) is 0 Å². The third kappa shape index (κ3) is 2.34. The minimum atomic E-state index is -0.416. The monoisotopic (exact) mass is 172 g/mol. The number of aliphatic hydroxyl groups excluding tert-OH is 1. The molecular weight excluding hydrogens is 160 g/mol. The molecule has 0 amide bonds. The van der Waals surface area contributed by atoms with Gasteiger partial charge < -0.3 is 5.11 Å². The van der Waals surface area contributed by atoms with Gasteiger partial charge in [-0.25, -0.2) is 0 Å². The molecule has 1 aliphatic rings. The molecule has 1 nitrogen and oxygen atoms in total. The molecular formula is C12H12O. The Labute approximate surface area is 78.4 Å². The molecule has 0 radical (unpaired) electrons. The van der Waals surface area contributed by atoms with E-state index in [1.165, 1.54) is 0 Å². The zero-order valence-electron chi connectivity index (χ0n) is 7.40. The minimum Gasteiger partial charge on any atom is -0.380 e. The predicted octanol–water partition coefficient (Wildman–Crippen LogP) is 1.81. The molecule has 1 N–H and O–H groups in total. The maximum absolute atomic E-state index is 9.48. The van der Waals surface area contributed by atoms with Gasteiger partial charge in [0.25, 0.3) is 0 Å². The summed E-state index contributed by atoms with van der Waals surface area (Å²) in [6, 6.07) is 9.77. The van der Waals surface area contributed by atoms with Crippen molar-refractivity contribution in [1.29, 1.82) is 0 Å². The summed E-state index contributed by atoms with van der Waals surface area (Å²) in [5, 5.41) is 9.48. The average molecular weight is 172 g/mol. The second kappa shape index (κ2) is 3.64. The van der Waals surface area contributed by atoms with Crippen molar-refractivity contribution in [3.63, 3.8) is 0 Å². The molecule has 1 saturated carbocycles. The van der Waals surface area contributed by atoms with Crippen LogP contribution in [0.15, 0.2) is 30.3 Å². The topological polar surface area (TPSA) is 20.2 Å². The second-order valence-electron chi connectivity index (χ2n) is 3.42. The quantitative estimate of drug-likeness (QED) is 0.640. The molecule has 1 atom stereocenters.